The maximum Gasteiger partial charge on any atom is 0.240 e. The van der Waals surface area contributed by atoms with Gasteiger partial charge >= 0.3 is 0 Å². The molecule has 2 bridgehead atoms. The molecule has 5 heteroatoms. The van der Waals surface area contributed by atoms with Crippen molar-refractivity contribution in [2.24, 2.45) is 11.8 Å². The molecule has 21 heavy (non-hydrogen) atoms. The van der Waals surface area contributed by atoms with E-state index in [1.54, 1.807) is 24.3 Å². The van der Waals surface area contributed by atoms with E-state index in [9.17, 15) is 14.4 Å². The summed E-state index contributed by atoms with van der Waals surface area (Å²) in [5.41, 5.74) is 0.953. The number of hydrogen-bond acceptors (Lipinski definition) is 4. The second-order valence-electron chi connectivity index (χ2n) is 5.62. The second kappa shape index (κ2) is 4.11. The molecule has 106 valence electrons. The molecule has 3 aliphatic heterocycles. The minimum Gasteiger partial charge on any atom is -0.365 e. The third-order valence-corrected chi connectivity index (χ3v) is 4.42. The zero-order chi connectivity index (χ0) is 14.7. The number of carbonyl (C=O) groups excluding carboxylic acids is 3. The molecule has 0 radical (unpaired) electrons. The van der Waals surface area contributed by atoms with Gasteiger partial charge in [-0.3, -0.25) is 14.4 Å². The predicted octanol–water partition coefficient (Wildman–Crippen LogP) is 1.33. The smallest absolute Gasteiger partial charge is 0.240 e. The Labute approximate surface area is 121 Å². The van der Waals surface area contributed by atoms with Crippen molar-refractivity contribution in [1.29, 1.82) is 0 Å². The lowest BCUT2D eigenvalue weighted by molar-refractivity contribution is -0.124. The van der Waals surface area contributed by atoms with Crippen LogP contribution in [-0.2, 0) is 14.3 Å². The maximum atomic E-state index is 12.6. The molecule has 0 N–H and O–H groups in total. The van der Waals surface area contributed by atoms with Crippen LogP contribution in [-0.4, -0.2) is 29.8 Å². The van der Waals surface area contributed by atoms with Gasteiger partial charge in [-0.2, -0.15) is 0 Å². The van der Waals surface area contributed by atoms with Crippen LogP contribution in [0.15, 0.2) is 36.4 Å². The molecule has 0 unspecified atom stereocenters. The lowest BCUT2D eigenvalue weighted by Gasteiger charge is -2.18. The van der Waals surface area contributed by atoms with E-state index in [1.807, 2.05) is 12.2 Å². The van der Waals surface area contributed by atoms with Crippen LogP contribution in [0.4, 0.5) is 5.69 Å². The summed E-state index contributed by atoms with van der Waals surface area (Å²) in [4.78, 5) is 37.8. The normalized spacial score (nSPS) is 32.9. The van der Waals surface area contributed by atoms with Gasteiger partial charge in [-0.15, -0.1) is 0 Å². The monoisotopic (exact) mass is 283 g/mol. The molecule has 2 fully saturated rings. The quantitative estimate of drug-likeness (QED) is 0.466. The third kappa shape index (κ3) is 1.58. The molecule has 3 aliphatic rings. The first kappa shape index (κ1) is 12.5. The van der Waals surface area contributed by atoms with Crippen molar-refractivity contribution in [3.05, 3.63) is 42.0 Å². The van der Waals surface area contributed by atoms with Crippen molar-refractivity contribution in [3.8, 4) is 0 Å². The van der Waals surface area contributed by atoms with E-state index in [4.69, 9.17) is 4.74 Å². The molecule has 5 nitrogen and oxygen atoms in total. The molecule has 2 saturated heterocycles. The number of Topliss-reactive ketones (excluding diaryl/α,β-unsaturated/α-hetero) is 1. The van der Waals surface area contributed by atoms with Crippen molar-refractivity contribution in [2.45, 2.75) is 19.1 Å². The van der Waals surface area contributed by atoms with Gasteiger partial charge in [0.25, 0.3) is 0 Å². The highest BCUT2D eigenvalue weighted by Gasteiger charge is 2.60. The molecule has 0 saturated carbocycles. The summed E-state index contributed by atoms with van der Waals surface area (Å²) in [5, 5.41) is 0. The Balaban J connectivity index is 1.74. The minimum atomic E-state index is -0.423. The number of ketones is 1. The van der Waals surface area contributed by atoms with Gasteiger partial charge in [-0.25, -0.2) is 4.90 Å². The Hall–Kier alpha value is -2.27. The first-order chi connectivity index (χ1) is 10.1. The standard InChI is InChI=1S/C16H13NO4/c1-8(18)9-3-2-4-10(7-9)17-15(19)13-11-5-6-12(21-11)14(13)16(17)20/h2-7,11-14H,1H3/t11-,12-,13-,14-/m0/s1. The largest absolute Gasteiger partial charge is 0.365 e. The SMILES string of the molecule is CC(=O)c1cccc(N2C(=O)[C@@H]3[C@@H](C2=O)[C@@H]2C=C[C@@H]3O2)c1. The van der Waals surface area contributed by atoms with Crippen molar-refractivity contribution in [2.75, 3.05) is 4.90 Å². The second-order valence-corrected chi connectivity index (χ2v) is 5.62. The van der Waals surface area contributed by atoms with Gasteiger partial charge in [0.2, 0.25) is 11.8 Å². The van der Waals surface area contributed by atoms with E-state index < -0.39 is 11.8 Å². The molecule has 1 aromatic carbocycles. The van der Waals surface area contributed by atoms with E-state index in [-0.39, 0.29) is 29.8 Å². The molecule has 0 spiro atoms. The lowest BCUT2D eigenvalue weighted by atomic mass is 9.85. The molecule has 1 aromatic rings. The van der Waals surface area contributed by atoms with Gasteiger partial charge in [-0.05, 0) is 19.1 Å². The predicted molar refractivity (Wildman–Crippen MR) is 73.7 cm³/mol. The van der Waals surface area contributed by atoms with E-state index in [1.165, 1.54) is 11.8 Å². The fourth-order valence-electron chi connectivity index (χ4n) is 3.42. The maximum absolute atomic E-state index is 12.6. The molecule has 2 amide bonds. The van der Waals surface area contributed by atoms with Gasteiger partial charge in [0.1, 0.15) is 0 Å². The fourth-order valence-corrected chi connectivity index (χ4v) is 3.42. The number of fused-ring (bicyclic) bond motifs is 5. The van der Waals surface area contributed by atoms with E-state index in [0.717, 1.165) is 0 Å². The number of benzene rings is 1. The number of amides is 2. The lowest BCUT2D eigenvalue weighted by Crippen LogP contribution is -2.34. The summed E-state index contributed by atoms with van der Waals surface area (Å²) < 4.78 is 5.59. The van der Waals surface area contributed by atoms with Gasteiger partial charge in [0.15, 0.2) is 5.78 Å². The Morgan fingerprint density at radius 3 is 2.29 bits per heavy atom. The number of imide groups is 1. The molecular weight excluding hydrogens is 270 g/mol. The Kier molecular flexibility index (Phi) is 2.44. The molecular formula is C16H13NO4. The average Bonchev–Trinajstić information content (AvgIpc) is 3.13. The van der Waals surface area contributed by atoms with Crippen LogP contribution in [0.1, 0.15) is 17.3 Å². The van der Waals surface area contributed by atoms with Crippen LogP contribution < -0.4 is 4.90 Å². The van der Waals surface area contributed by atoms with Crippen molar-refractivity contribution in [3.63, 3.8) is 0 Å². The van der Waals surface area contributed by atoms with Gasteiger partial charge < -0.3 is 4.74 Å². The number of hydrogen-bond donors (Lipinski definition) is 0. The molecule has 4 atom stereocenters. The zero-order valence-electron chi connectivity index (χ0n) is 11.4. The number of ether oxygens (including phenoxy) is 1. The highest BCUT2D eigenvalue weighted by Crippen LogP contribution is 2.46. The number of carbonyl (C=O) groups is 3. The first-order valence-electron chi connectivity index (χ1n) is 6.90. The Bertz CT molecular complexity index is 678. The summed E-state index contributed by atoms with van der Waals surface area (Å²) in [7, 11) is 0. The molecule has 0 aromatic heterocycles. The third-order valence-electron chi connectivity index (χ3n) is 4.42. The topological polar surface area (TPSA) is 63.7 Å². The van der Waals surface area contributed by atoms with Crippen LogP contribution >= 0.6 is 0 Å². The van der Waals surface area contributed by atoms with E-state index in [0.29, 0.717) is 11.3 Å². The van der Waals surface area contributed by atoms with Gasteiger partial charge in [0, 0.05) is 5.56 Å². The number of nitrogens with zero attached hydrogens (tertiary/aromatic N) is 1. The van der Waals surface area contributed by atoms with Crippen molar-refractivity contribution >= 4 is 23.3 Å². The molecule has 0 aliphatic carbocycles. The fraction of sp³-hybridized carbons (Fsp3) is 0.312. The summed E-state index contributed by atoms with van der Waals surface area (Å²) >= 11 is 0. The van der Waals surface area contributed by atoms with Crippen molar-refractivity contribution in [1.82, 2.24) is 0 Å². The molecule has 3 heterocycles. The zero-order valence-corrected chi connectivity index (χ0v) is 11.4. The highest BCUT2D eigenvalue weighted by atomic mass is 16.5. The van der Waals surface area contributed by atoms with Crippen LogP contribution in [0.25, 0.3) is 0 Å². The van der Waals surface area contributed by atoms with Gasteiger partial charge in [-0.1, -0.05) is 24.3 Å². The number of anilines is 1. The summed E-state index contributed by atoms with van der Waals surface area (Å²) in [6.07, 6.45) is 3.12. The minimum absolute atomic E-state index is 0.0961. The van der Waals surface area contributed by atoms with Crippen LogP contribution in [0.2, 0.25) is 0 Å². The number of rotatable bonds is 2. The summed E-state index contributed by atoms with van der Waals surface area (Å²) in [6, 6.07) is 6.63. The first-order valence-corrected chi connectivity index (χ1v) is 6.90. The Morgan fingerprint density at radius 2 is 1.71 bits per heavy atom. The van der Waals surface area contributed by atoms with Crippen LogP contribution in [0.5, 0.6) is 0 Å². The van der Waals surface area contributed by atoms with Crippen LogP contribution in [0.3, 0.4) is 0 Å². The summed E-state index contributed by atoms with van der Waals surface area (Å²) in [5.74, 6) is -1.41. The highest BCUT2D eigenvalue weighted by molar-refractivity contribution is 6.23. The average molecular weight is 283 g/mol. The molecule has 4 rings (SSSR count). The van der Waals surface area contributed by atoms with Gasteiger partial charge in [0.05, 0.1) is 29.7 Å². The summed E-state index contributed by atoms with van der Waals surface area (Å²) in [6.45, 7) is 1.46. The Morgan fingerprint density at radius 1 is 1.10 bits per heavy atom. The van der Waals surface area contributed by atoms with Crippen LogP contribution in [0, 0.1) is 11.8 Å². The van der Waals surface area contributed by atoms with E-state index >= 15 is 0 Å². The van der Waals surface area contributed by atoms with Crippen molar-refractivity contribution < 1.29 is 19.1 Å². The van der Waals surface area contributed by atoms with E-state index in [2.05, 4.69) is 0 Å².